The molecule has 1 aliphatic heterocycles. The predicted octanol–water partition coefficient (Wildman–Crippen LogP) is 4.64. The number of urea groups is 1. The van der Waals surface area contributed by atoms with Gasteiger partial charge in [0, 0.05) is 44.4 Å². The number of benzene rings is 2. The van der Waals surface area contributed by atoms with Gasteiger partial charge in [0.25, 0.3) is 5.91 Å². The lowest BCUT2D eigenvalue weighted by Gasteiger charge is -2.35. The fourth-order valence-electron chi connectivity index (χ4n) is 5.13. The first-order chi connectivity index (χ1) is 21.2. The number of carbonyl (C=O) groups is 2. The Morgan fingerprint density at radius 3 is 2.44 bits per heavy atom. The van der Waals surface area contributed by atoms with Crippen molar-refractivity contribution in [1.82, 2.24) is 14.5 Å². The summed E-state index contributed by atoms with van der Waals surface area (Å²) >= 11 is 0. The Morgan fingerprint density at radius 2 is 1.80 bits per heavy atom. The second-order valence-electron chi connectivity index (χ2n) is 12.4. The van der Waals surface area contributed by atoms with Crippen LogP contribution < -0.4 is 15.4 Å². The van der Waals surface area contributed by atoms with Crippen LogP contribution in [0.3, 0.4) is 0 Å². The number of nitrogens with one attached hydrogen (secondary N) is 2. The lowest BCUT2D eigenvalue weighted by atomic mass is 10.0. The van der Waals surface area contributed by atoms with Crippen molar-refractivity contribution in [1.29, 1.82) is 0 Å². The number of aryl methyl sites for hydroxylation is 1. The summed E-state index contributed by atoms with van der Waals surface area (Å²) < 4.78 is 40.7. The first kappa shape index (κ1) is 36.3. The standard InChI is InChI=1S/C33H50N4O7S/c1-22(2)34-33(40)35-27-13-16-30-29(18-27)32(39)37(25(5)21-38)19-24(4)31(43-17-9-8-10-26(6)44-30)20-36(7)45(41,42)28-14-11-23(3)12-15-28/h11-16,18,22,24-26,31,38H,8-10,17,19-21H2,1-7H3,(H2,34,35,40)/t24-,25+,26-,31+/m0/s1. The van der Waals surface area contributed by atoms with Gasteiger partial charge in [0.15, 0.2) is 0 Å². The molecule has 0 aromatic heterocycles. The molecule has 3 amide bonds. The summed E-state index contributed by atoms with van der Waals surface area (Å²) in [6.07, 6.45) is 1.55. The molecule has 0 aliphatic carbocycles. The highest BCUT2D eigenvalue weighted by Crippen LogP contribution is 2.29. The van der Waals surface area contributed by atoms with E-state index in [2.05, 4.69) is 10.6 Å². The van der Waals surface area contributed by atoms with Crippen LogP contribution in [0, 0.1) is 12.8 Å². The van der Waals surface area contributed by atoms with Gasteiger partial charge in [-0.05, 0) is 84.2 Å². The molecule has 2 aromatic rings. The first-order valence-electron chi connectivity index (χ1n) is 15.7. The third-order valence-electron chi connectivity index (χ3n) is 7.90. The number of nitrogens with zero attached hydrogens (tertiary/aromatic N) is 2. The van der Waals surface area contributed by atoms with E-state index >= 15 is 0 Å². The van der Waals surface area contributed by atoms with Gasteiger partial charge in [-0.25, -0.2) is 13.2 Å². The van der Waals surface area contributed by atoms with Gasteiger partial charge in [0.1, 0.15) is 5.75 Å². The fraction of sp³-hybridized carbons (Fsp3) is 0.576. The van der Waals surface area contributed by atoms with Crippen molar-refractivity contribution in [2.24, 2.45) is 5.92 Å². The molecular weight excluding hydrogens is 596 g/mol. The molecule has 0 spiro atoms. The van der Waals surface area contributed by atoms with Crippen molar-refractivity contribution in [3.63, 3.8) is 0 Å². The van der Waals surface area contributed by atoms with Crippen LogP contribution in [0.15, 0.2) is 47.4 Å². The molecule has 11 nitrogen and oxygen atoms in total. The number of sulfonamides is 1. The molecule has 250 valence electrons. The molecule has 12 heteroatoms. The number of carbonyl (C=O) groups excluding carboxylic acids is 2. The zero-order valence-corrected chi connectivity index (χ0v) is 28.4. The van der Waals surface area contributed by atoms with E-state index in [0.717, 1.165) is 18.4 Å². The number of anilines is 1. The van der Waals surface area contributed by atoms with Gasteiger partial charge in [-0.1, -0.05) is 24.6 Å². The molecule has 0 saturated heterocycles. The average molecular weight is 647 g/mol. The van der Waals surface area contributed by atoms with Crippen LogP contribution in [0.2, 0.25) is 0 Å². The van der Waals surface area contributed by atoms with Crippen molar-refractivity contribution in [3.05, 3.63) is 53.6 Å². The van der Waals surface area contributed by atoms with Gasteiger partial charge in [0.2, 0.25) is 10.0 Å². The summed E-state index contributed by atoms with van der Waals surface area (Å²) in [5, 5.41) is 15.7. The van der Waals surface area contributed by atoms with Gasteiger partial charge in [0.05, 0.1) is 35.3 Å². The molecule has 3 N–H and O–H groups in total. The number of hydrogen-bond donors (Lipinski definition) is 3. The maximum atomic E-state index is 14.2. The van der Waals surface area contributed by atoms with Crippen LogP contribution >= 0.6 is 0 Å². The lowest BCUT2D eigenvalue weighted by molar-refractivity contribution is -0.00833. The zero-order valence-electron chi connectivity index (χ0n) is 27.6. The predicted molar refractivity (Wildman–Crippen MR) is 175 cm³/mol. The topological polar surface area (TPSA) is 138 Å². The maximum Gasteiger partial charge on any atom is 0.319 e. The molecule has 3 rings (SSSR count). The minimum Gasteiger partial charge on any atom is -0.490 e. The maximum absolute atomic E-state index is 14.2. The second kappa shape index (κ2) is 16.4. The van der Waals surface area contributed by atoms with E-state index in [1.54, 1.807) is 54.3 Å². The van der Waals surface area contributed by atoms with E-state index in [0.29, 0.717) is 24.5 Å². The van der Waals surface area contributed by atoms with Crippen LogP contribution in [0.25, 0.3) is 0 Å². The Labute approximate surface area is 268 Å². The molecule has 0 bridgehead atoms. The van der Waals surface area contributed by atoms with Crippen LogP contribution in [0.1, 0.15) is 69.8 Å². The summed E-state index contributed by atoms with van der Waals surface area (Å²) in [6.45, 7) is 11.6. The van der Waals surface area contributed by atoms with Crippen molar-refractivity contribution in [2.75, 3.05) is 38.7 Å². The van der Waals surface area contributed by atoms with Crippen molar-refractivity contribution in [2.45, 2.75) is 90.0 Å². The summed E-state index contributed by atoms with van der Waals surface area (Å²) in [5.41, 5.74) is 1.64. The van der Waals surface area contributed by atoms with Crippen LogP contribution in [0.5, 0.6) is 5.75 Å². The smallest absolute Gasteiger partial charge is 0.319 e. The normalized spacial score (nSPS) is 21.1. The molecule has 1 aliphatic rings. The van der Waals surface area contributed by atoms with Crippen molar-refractivity contribution >= 4 is 27.6 Å². The van der Waals surface area contributed by atoms with Crippen LogP contribution in [-0.4, -0.2) is 92.3 Å². The molecule has 4 atom stereocenters. The second-order valence-corrected chi connectivity index (χ2v) is 14.4. The Kier molecular flexibility index (Phi) is 13.2. The number of aliphatic hydroxyl groups is 1. The number of rotatable bonds is 8. The SMILES string of the molecule is Cc1ccc(S(=O)(=O)N(C)C[C@H]2OCCCC[C@H](C)Oc3ccc(NC(=O)NC(C)C)cc3C(=O)N([C@H](C)CO)C[C@@H]2C)cc1. The number of hydrogen-bond acceptors (Lipinski definition) is 7. The largest absolute Gasteiger partial charge is 0.490 e. The van der Waals surface area contributed by atoms with Gasteiger partial charge >= 0.3 is 6.03 Å². The molecule has 0 unspecified atom stereocenters. The zero-order chi connectivity index (χ0) is 33.3. The van der Waals surface area contributed by atoms with Gasteiger partial charge in [-0.2, -0.15) is 4.31 Å². The third-order valence-corrected chi connectivity index (χ3v) is 9.73. The third kappa shape index (κ3) is 10.2. The number of aliphatic hydroxyl groups excluding tert-OH is 1. The van der Waals surface area contributed by atoms with E-state index in [4.69, 9.17) is 9.47 Å². The molecular formula is C33H50N4O7S. The average Bonchev–Trinajstić information content (AvgIpc) is 2.98. The molecule has 2 aromatic carbocycles. The van der Waals surface area contributed by atoms with E-state index in [-0.39, 0.29) is 54.1 Å². The lowest BCUT2D eigenvalue weighted by Crippen LogP contribution is -2.48. The van der Waals surface area contributed by atoms with Crippen LogP contribution in [-0.2, 0) is 14.8 Å². The quantitative estimate of drug-likeness (QED) is 0.380. The summed E-state index contributed by atoms with van der Waals surface area (Å²) in [4.78, 5) is 28.4. The highest BCUT2D eigenvalue weighted by molar-refractivity contribution is 7.89. The summed E-state index contributed by atoms with van der Waals surface area (Å²) in [5.74, 6) is -0.295. The fourth-order valence-corrected chi connectivity index (χ4v) is 6.32. The number of likely N-dealkylation sites (N-methyl/N-ethyl adjacent to an activating group) is 1. The van der Waals surface area contributed by atoms with Gasteiger partial charge in [-0.3, -0.25) is 4.79 Å². The molecule has 1 heterocycles. The molecule has 0 fully saturated rings. The Balaban J connectivity index is 1.96. The minimum atomic E-state index is -3.78. The Bertz CT molecular complexity index is 1380. The molecule has 0 radical (unpaired) electrons. The Morgan fingerprint density at radius 1 is 1.11 bits per heavy atom. The molecule has 45 heavy (non-hydrogen) atoms. The van der Waals surface area contributed by atoms with Crippen LogP contribution in [0.4, 0.5) is 10.5 Å². The number of ether oxygens (including phenoxy) is 2. The Hall–Kier alpha value is -3.19. The van der Waals surface area contributed by atoms with E-state index in [1.165, 1.54) is 11.4 Å². The van der Waals surface area contributed by atoms with Crippen molar-refractivity contribution in [3.8, 4) is 5.75 Å². The van der Waals surface area contributed by atoms with Gasteiger partial charge in [-0.15, -0.1) is 0 Å². The van der Waals surface area contributed by atoms with E-state index in [1.807, 2.05) is 34.6 Å². The highest BCUT2D eigenvalue weighted by Gasteiger charge is 2.32. The highest BCUT2D eigenvalue weighted by atomic mass is 32.2. The monoisotopic (exact) mass is 646 g/mol. The number of amides is 3. The number of fused-ring (bicyclic) bond motifs is 1. The minimum absolute atomic E-state index is 0.0726. The van der Waals surface area contributed by atoms with Crippen molar-refractivity contribution < 1.29 is 32.6 Å². The molecule has 0 saturated carbocycles. The van der Waals surface area contributed by atoms with Gasteiger partial charge < -0.3 is 30.1 Å². The van der Waals surface area contributed by atoms with E-state index in [9.17, 15) is 23.1 Å². The van der Waals surface area contributed by atoms with E-state index < -0.39 is 28.2 Å². The first-order valence-corrected chi connectivity index (χ1v) is 17.1. The summed E-state index contributed by atoms with van der Waals surface area (Å²) in [7, 11) is -2.24. The summed E-state index contributed by atoms with van der Waals surface area (Å²) in [6, 6.07) is 10.7.